The SMILES string of the molecule is CCC/C=C(/F)c1ccc(C(=O)Oc2ccc(CCCC)cc2)cc1. The van der Waals surface area contributed by atoms with Gasteiger partial charge in [-0.3, -0.25) is 0 Å². The minimum absolute atomic E-state index is 0.260. The molecule has 0 aromatic heterocycles. The molecule has 132 valence electrons. The van der Waals surface area contributed by atoms with Crippen molar-refractivity contribution in [2.45, 2.75) is 46.0 Å². The lowest BCUT2D eigenvalue weighted by molar-refractivity contribution is 0.0734. The molecular weight excluding hydrogens is 315 g/mol. The van der Waals surface area contributed by atoms with Gasteiger partial charge in [0.25, 0.3) is 0 Å². The van der Waals surface area contributed by atoms with Crippen LogP contribution in [0.4, 0.5) is 4.39 Å². The van der Waals surface area contributed by atoms with E-state index >= 15 is 0 Å². The standard InChI is InChI=1S/C22H25FO2/c1-3-5-7-17-9-15-20(16-10-17)25-22(24)19-13-11-18(12-14-19)21(23)8-6-4-2/h8-16H,3-7H2,1-2H3/b21-8+. The average Bonchev–Trinajstić information content (AvgIpc) is 2.65. The molecule has 0 radical (unpaired) electrons. The summed E-state index contributed by atoms with van der Waals surface area (Å²) in [6.07, 6.45) is 6.49. The van der Waals surface area contributed by atoms with Gasteiger partial charge in [-0.2, -0.15) is 0 Å². The maximum atomic E-state index is 13.9. The van der Waals surface area contributed by atoms with E-state index < -0.39 is 5.97 Å². The Kier molecular flexibility index (Phi) is 7.39. The Morgan fingerprint density at radius 3 is 2.20 bits per heavy atom. The van der Waals surface area contributed by atoms with E-state index in [2.05, 4.69) is 6.92 Å². The van der Waals surface area contributed by atoms with Gasteiger partial charge in [0.05, 0.1) is 5.56 Å². The van der Waals surface area contributed by atoms with Crippen LogP contribution in [0.2, 0.25) is 0 Å². The van der Waals surface area contributed by atoms with E-state index in [1.165, 1.54) is 5.56 Å². The third-order valence-corrected chi connectivity index (χ3v) is 3.96. The van der Waals surface area contributed by atoms with Gasteiger partial charge in [0.2, 0.25) is 0 Å². The van der Waals surface area contributed by atoms with Gasteiger partial charge in [-0.15, -0.1) is 0 Å². The molecule has 0 bridgehead atoms. The van der Waals surface area contributed by atoms with E-state index in [0.29, 0.717) is 23.3 Å². The second kappa shape index (κ2) is 9.77. The van der Waals surface area contributed by atoms with E-state index in [4.69, 9.17) is 4.74 Å². The number of unbranched alkanes of at least 4 members (excludes halogenated alkanes) is 2. The van der Waals surface area contributed by atoms with Gasteiger partial charge in [0.15, 0.2) is 0 Å². The fourth-order valence-corrected chi connectivity index (χ4v) is 2.43. The van der Waals surface area contributed by atoms with Crippen LogP contribution in [-0.4, -0.2) is 5.97 Å². The molecule has 0 saturated carbocycles. The Morgan fingerprint density at radius 1 is 0.960 bits per heavy atom. The molecule has 3 heteroatoms. The monoisotopic (exact) mass is 340 g/mol. The van der Waals surface area contributed by atoms with Crippen molar-refractivity contribution in [1.29, 1.82) is 0 Å². The zero-order valence-electron chi connectivity index (χ0n) is 14.9. The summed E-state index contributed by atoms with van der Waals surface area (Å²) in [5, 5.41) is 0. The van der Waals surface area contributed by atoms with Crippen molar-refractivity contribution in [3.8, 4) is 5.75 Å². The summed E-state index contributed by atoms with van der Waals surface area (Å²) in [5.41, 5.74) is 2.12. The number of carbonyl (C=O) groups excluding carboxylic acids is 1. The number of esters is 1. The van der Waals surface area contributed by atoms with Crippen LogP contribution in [0.3, 0.4) is 0 Å². The summed E-state index contributed by atoms with van der Waals surface area (Å²) in [7, 11) is 0. The third-order valence-electron chi connectivity index (χ3n) is 3.96. The van der Waals surface area contributed by atoms with Crippen LogP contribution in [0.5, 0.6) is 5.75 Å². The molecule has 0 atom stereocenters. The predicted molar refractivity (Wildman–Crippen MR) is 100 cm³/mol. The average molecular weight is 340 g/mol. The molecule has 2 rings (SSSR count). The van der Waals surface area contributed by atoms with Crippen molar-refractivity contribution in [3.63, 3.8) is 0 Å². The van der Waals surface area contributed by atoms with Gasteiger partial charge in [0, 0.05) is 5.56 Å². The number of ether oxygens (including phenoxy) is 1. The minimum Gasteiger partial charge on any atom is -0.423 e. The van der Waals surface area contributed by atoms with Crippen LogP contribution in [0, 0.1) is 0 Å². The summed E-state index contributed by atoms with van der Waals surface area (Å²) in [6.45, 7) is 4.16. The van der Waals surface area contributed by atoms with Gasteiger partial charge < -0.3 is 4.74 Å². The smallest absolute Gasteiger partial charge is 0.343 e. The van der Waals surface area contributed by atoms with Gasteiger partial charge in [-0.1, -0.05) is 51.0 Å². The molecule has 0 amide bonds. The largest absolute Gasteiger partial charge is 0.423 e. The molecule has 2 aromatic rings. The van der Waals surface area contributed by atoms with Gasteiger partial charge >= 0.3 is 5.97 Å². The first-order valence-corrected chi connectivity index (χ1v) is 8.91. The van der Waals surface area contributed by atoms with E-state index in [9.17, 15) is 9.18 Å². The summed E-state index contributed by atoms with van der Waals surface area (Å²) in [4.78, 5) is 12.2. The van der Waals surface area contributed by atoms with Crippen LogP contribution >= 0.6 is 0 Å². The van der Waals surface area contributed by atoms with Crippen LogP contribution in [0.25, 0.3) is 5.83 Å². The summed E-state index contributed by atoms with van der Waals surface area (Å²) in [5.74, 6) is -0.182. The quantitative estimate of drug-likeness (QED) is 0.413. The molecule has 0 spiro atoms. The second-order valence-electron chi connectivity index (χ2n) is 6.06. The molecule has 0 heterocycles. The zero-order chi connectivity index (χ0) is 18.1. The van der Waals surface area contributed by atoms with Crippen LogP contribution in [-0.2, 0) is 6.42 Å². The Hall–Kier alpha value is -2.42. The Labute approximate surface area is 149 Å². The molecule has 0 aliphatic heterocycles. The highest BCUT2D eigenvalue weighted by atomic mass is 19.1. The summed E-state index contributed by atoms with van der Waals surface area (Å²) in [6, 6.07) is 14.0. The van der Waals surface area contributed by atoms with Gasteiger partial charge in [0.1, 0.15) is 11.6 Å². The summed E-state index contributed by atoms with van der Waals surface area (Å²) >= 11 is 0. The Morgan fingerprint density at radius 2 is 1.60 bits per heavy atom. The maximum Gasteiger partial charge on any atom is 0.343 e. The fraction of sp³-hybridized carbons (Fsp3) is 0.318. The lowest BCUT2D eigenvalue weighted by atomic mass is 10.1. The Bertz CT molecular complexity index is 700. The minimum atomic E-state index is -0.439. The van der Waals surface area contributed by atoms with Crippen molar-refractivity contribution in [2.75, 3.05) is 0 Å². The molecule has 2 nitrogen and oxygen atoms in total. The molecule has 0 N–H and O–H groups in total. The number of aryl methyl sites for hydroxylation is 1. The number of rotatable bonds is 8. The lowest BCUT2D eigenvalue weighted by Crippen LogP contribution is -2.08. The fourth-order valence-electron chi connectivity index (χ4n) is 2.43. The topological polar surface area (TPSA) is 26.3 Å². The molecule has 0 aliphatic carbocycles. The zero-order valence-corrected chi connectivity index (χ0v) is 14.9. The first-order valence-electron chi connectivity index (χ1n) is 8.91. The molecular formula is C22H25FO2. The van der Waals surface area contributed by atoms with Crippen molar-refractivity contribution in [3.05, 3.63) is 71.3 Å². The van der Waals surface area contributed by atoms with Crippen molar-refractivity contribution in [1.82, 2.24) is 0 Å². The van der Waals surface area contributed by atoms with Gasteiger partial charge in [-0.25, -0.2) is 9.18 Å². The van der Waals surface area contributed by atoms with Crippen molar-refractivity contribution < 1.29 is 13.9 Å². The van der Waals surface area contributed by atoms with E-state index in [0.717, 1.165) is 25.7 Å². The number of halogens is 1. The first kappa shape index (κ1) is 18.9. The molecule has 0 fully saturated rings. The van der Waals surface area contributed by atoms with Crippen molar-refractivity contribution >= 4 is 11.8 Å². The highest BCUT2D eigenvalue weighted by Crippen LogP contribution is 2.19. The molecule has 0 unspecified atom stereocenters. The molecule has 0 aliphatic rings. The number of hydrogen-bond donors (Lipinski definition) is 0. The first-order chi connectivity index (χ1) is 12.1. The molecule has 0 saturated heterocycles. The Balaban J connectivity index is 1.98. The van der Waals surface area contributed by atoms with E-state index in [-0.39, 0.29) is 5.83 Å². The highest BCUT2D eigenvalue weighted by molar-refractivity contribution is 5.91. The van der Waals surface area contributed by atoms with Crippen LogP contribution in [0.15, 0.2) is 54.6 Å². The second-order valence-corrected chi connectivity index (χ2v) is 6.06. The number of carbonyl (C=O) groups is 1. The van der Waals surface area contributed by atoms with Crippen LogP contribution < -0.4 is 4.74 Å². The predicted octanol–water partition coefficient (Wildman–Crippen LogP) is 6.36. The lowest BCUT2D eigenvalue weighted by Gasteiger charge is -2.06. The molecule has 25 heavy (non-hydrogen) atoms. The van der Waals surface area contributed by atoms with E-state index in [1.807, 2.05) is 31.2 Å². The third kappa shape index (κ3) is 5.86. The number of hydrogen-bond acceptors (Lipinski definition) is 2. The van der Waals surface area contributed by atoms with Crippen LogP contribution in [0.1, 0.15) is 61.0 Å². The van der Waals surface area contributed by atoms with Gasteiger partial charge in [-0.05, 0) is 55.2 Å². The number of allylic oxidation sites excluding steroid dienone is 1. The highest BCUT2D eigenvalue weighted by Gasteiger charge is 2.09. The normalized spacial score (nSPS) is 11.4. The molecule has 2 aromatic carbocycles. The summed E-state index contributed by atoms with van der Waals surface area (Å²) < 4.78 is 19.3. The van der Waals surface area contributed by atoms with E-state index in [1.54, 1.807) is 30.3 Å². The number of benzene rings is 2. The maximum absolute atomic E-state index is 13.9. The van der Waals surface area contributed by atoms with Crippen molar-refractivity contribution in [2.24, 2.45) is 0 Å².